The van der Waals surface area contributed by atoms with Crippen LogP contribution in [0.15, 0.2) is 47.4 Å². The molecule has 1 aliphatic rings. The average Bonchev–Trinajstić information content (AvgIpc) is 2.73. The lowest BCUT2D eigenvalue weighted by Crippen LogP contribution is -2.35. The molecule has 1 amide bonds. The normalized spacial score (nSPS) is 16.1. The molecule has 1 N–H and O–H groups in total. The number of ether oxygens (including phenoxy) is 1. The van der Waals surface area contributed by atoms with Crippen molar-refractivity contribution in [2.45, 2.75) is 37.1 Å². The second-order valence-corrected chi connectivity index (χ2v) is 9.97. The topological polar surface area (TPSA) is 75.7 Å². The van der Waals surface area contributed by atoms with Crippen molar-refractivity contribution in [3.8, 4) is 5.75 Å². The third-order valence-electron chi connectivity index (χ3n) is 4.96. The van der Waals surface area contributed by atoms with Crippen LogP contribution in [0.25, 0.3) is 0 Å². The summed E-state index contributed by atoms with van der Waals surface area (Å²) in [5.41, 5.74) is 0.915. The number of hydrogen-bond donors (Lipinski definition) is 1. The van der Waals surface area contributed by atoms with Gasteiger partial charge < -0.3 is 10.1 Å². The Balaban J connectivity index is 1.59. The molecule has 1 fully saturated rings. The van der Waals surface area contributed by atoms with Crippen molar-refractivity contribution in [1.29, 1.82) is 0 Å². The molecular weight excluding hydrogens is 447 g/mol. The summed E-state index contributed by atoms with van der Waals surface area (Å²) in [6, 6.07) is 11.3. The standard InChI is InChI=1S/C21H24Cl2N2O4S/c1-15(16-5-7-17(22)8-6-16)24-21(26)14-29-20-10-9-18(13-19(20)23)30(27,28)25-11-3-2-4-12-25/h5-10,13,15H,2-4,11-12,14H2,1H3,(H,24,26)/t15-/m1/s1. The summed E-state index contributed by atoms with van der Waals surface area (Å²) in [5.74, 6) is -0.0675. The zero-order chi connectivity index (χ0) is 21.7. The number of nitrogens with one attached hydrogen (secondary N) is 1. The minimum Gasteiger partial charge on any atom is -0.482 e. The molecule has 2 aromatic carbocycles. The molecule has 1 aliphatic heterocycles. The van der Waals surface area contributed by atoms with Gasteiger partial charge >= 0.3 is 0 Å². The largest absolute Gasteiger partial charge is 0.482 e. The summed E-state index contributed by atoms with van der Waals surface area (Å²) in [7, 11) is -3.58. The molecule has 0 aliphatic carbocycles. The van der Waals surface area contributed by atoms with E-state index in [-0.39, 0.29) is 34.2 Å². The Morgan fingerprint density at radius 2 is 1.77 bits per heavy atom. The summed E-state index contributed by atoms with van der Waals surface area (Å²) >= 11 is 12.1. The molecule has 0 aromatic heterocycles. The minimum atomic E-state index is -3.58. The number of carbonyl (C=O) groups excluding carboxylic acids is 1. The first-order valence-electron chi connectivity index (χ1n) is 9.75. The SMILES string of the molecule is C[C@@H](NC(=O)COc1ccc(S(=O)(=O)N2CCCCC2)cc1Cl)c1ccc(Cl)cc1. The highest BCUT2D eigenvalue weighted by Crippen LogP contribution is 2.29. The van der Waals surface area contributed by atoms with E-state index in [0.29, 0.717) is 18.1 Å². The van der Waals surface area contributed by atoms with Gasteiger partial charge in [-0.25, -0.2) is 8.42 Å². The van der Waals surface area contributed by atoms with Crippen molar-refractivity contribution >= 4 is 39.1 Å². The average molecular weight is 471 g/mol. The minimum absolute atomic E-state index is 0.127. The Kier molecular flexibility index (Phi) is 7.63. The van der Waals surface area contributed by atoms with Crippen LogP contribution in [0.1, 0.15) is 37.8 Å². The Bertz CT molecular complexity index is 991. The number of hydrogen-bond acceptors (Lipinski definition) is 4. The molecule has 1 heterocycles. The highest BCUT2D eigenvalue weighted by atomic mass is 35.5. The second kappa shape index (κ2) is 10.0. The summed E-state index contributed by atoms with van der Waals surface area (Å²) in [6.45, 7) is 2.65. The Hall–Kier alpha value is -1.80. The molecule has 0 bridgehead atoms. The van der Waals surface area contributed by atoms with Gasteiger partial charge in [-0.15, -0.1) is 0 Å². The van der Waals surface area contributed by atoms with Crippen LogP contribution in [-0.2, 0) is 14.8 Å². The number of piperidine rings is 1. The van der Waals surface area contributed by atoms with Gasteiger partial charge in [-0.1, -0.05) is 41.8 Å². The fourth-order valence-corrected chi connectivity index (χ4v) is 5.24. The molecule has 30 heavy (non-hydrogen) atoms. The van der Waals surface area contributed by atoms with Crippen molar-refractivity contribution < 1.29 is 17.9 Å². The first-order valence-corrected chi connectivity index (χ1v) is 11.9. The second-order valence-electron chi connectivity index (χ2n) is 7.19. The molecular formula is C21H24Cl2N2O4S. The van der Waals surface area contributed by atoms with E-state index in [1.807, 2.05) is 19.1 Å². The van der Waals surface area contributed by atoms with Crippen LogP contribution in [0.2, 0.25) is 10.0 Å². The Labute approximate surface area is 187 Å². The monoisotopic (exact) mass is 470 g/mol. The number of rotatable bonds is 7. The van der Waals surface area contributed by atoms with Gasteiger partial charge in [0.05, 0.1) is 16.0 Å². The maximum absolute atomic E-state index is 12.7. The van der Waals surface area contributed by atoms with E-state index in [1.54, 1.807) is 12.1 Å². The molecule has 1 atom stereocenters. The van der Waals surface area contributed by atoms with Crippen molar-refractivity contribution in [1.82, 2.24) is 9.62 Å². The summed E-state index contributed by atoms with van der Waals surface area (Å²) in [6.07, 6.45) is 2.76. The molecule has 0 unspecified atom stereocenters. The third kappa shape index (κ3) is 5.66. The predicted molar refractivity (Wildman–Crippen MR) is 118 cm³/mol. The molecule has 3 rings (SSSR count). The fraction of sp³-hybridized carbons (Fsp3) is 0.381. The van der Waals surface area contributed by atoms with E-state index in [1.165, 1.54) is 22.5 Å². The van der Waals surface area contributed by atoms with E-state index >= 15 is 0 Å². The van der Waals surface area contributed by atoms with Gasteiger partial charge in [-0.2, -0.15) is 4.31 Å². The highest BCUT2D eigenvalue weighted by Gasteiger charge is 2.26. The van der Waals surface area contributed by atoms with E-state index in [9.17, 15) is 13.2 Å². The van der Waals surface area contributed by atoms with Crippen LogP contribution >= 0.6 is 23.2 Å². The van der Waals surface area contributed by atoms with Crippen LogP contribution < -0.4 is 10.1 Å². The van der Waals surface area contributed by atoms with Gasteiger partial charge in [-0.05, 0) is 55.7 Å². The molecule has 9 heteroatoms. The van der Waals surface area contributed by atoms with E-state index in [2.05, 4.69) is 5.32 Å². The van der Waals surface area contributed by atoms with Crippen molar-refractivity contribution in [2.75, 3.05) is 19.7 Å². The lowest BCUT2D eigenvalue weighted by molar-refractivity contribution is -0.123. The molecule has 0 saturated carbocycles. The predicted octanol–water partition coefficient (Wildman–Crippen LogP) is 4.42. The third-order valence-corrected chi connectivity index (χ3v) is 7.40. The van der Waals surface area contributed by atoms with Crippen LogP contribution in [0, 0.1) is 0 Å². The molecule has 6 nitrogen and oxygen atoms in total. The summed E-state index contributed by atoms with van der Waals surface area (Å²) in [4.78, 5) is 12.3. The van der Waals surface area contributed by atoms with Gasteiger partial charge in [0.15, 0.2) is 6.61 Å². The number of amides is 1. The Morgan fingerprint density at radius 1 is 1.10 bits per heavy atom. The molecule has 1 saturated heterocycles. The Morgan fingerprint density at radius 3 is 2.40 bits per heavy atom. The number of nitrogens with zero attached hydrogens (tertiary/aromatic N) is 1. The molecule has 162 valence electrons. The number of sulfonamides is 1. The van der Waals surface area contributed by atoms with E-state index < -0.39 is 10.0 Å². The lowest BCUT2D eigenvalue weighted by atomic mass is 10.1. The number of carbonyl (C=O) groups is 1. The zero-order valence-corrected chi connectivity index (χ0v) is 18.9. The van der Waals surface area contributed by atoms with Gasteiger partial charge in [0.25, 0.3) is 5.91 Å². The van der Waals surface area contributed by atoms with Gasteiger partial charge in [0, 0.05) is 18.1 Å². The smallest absolute Gasteiger partial charge is 0.258 e. The van der Waals surface area contributed by atoms with Crippen molar-refractivity contribution in [3.63, 3.8) is 0 Å². The van der Waals surface area contributed by atoms with Gasteiger partial charge in [0.2, 0.25) is 10.0 Å². The van der Waals surface area contributed by atoms with Crippen molar-refractivity contribution in [2.24, 2.45) is 0 Å². The van der Waals surface area contributed by atoms with Crippen LogP contribution in [-0.4, -0.2) is 38.3 Å². The molecule has 0 spiro atoms. The summed E-state index contributed by atoms with van der Waals surface area (Å²) in [5, 5.41) is 3.60. The van der Waals surface area contributed by atoms with E-state index in [4.69, 9.17) is 27.9 Å². The maximum atomic E-state index is 12.7. The fourth-order valence-electron chi connectivity index (χ4n) is 3.27. The van der Waals surface area contributed by atoms with Crippen LogP contribution in [0.5, 0.6) is 5.75 Å². The van der Waals surface area contributed by atoms with Crippen LogP contribution in [0.3, 0.4) is 0 Å². The van der Waals surface area contributed by atoms with Gasteiger partial charge in [-0.3, -0.25) is 4.79 Å². The van der Waals surface area contributed by atoms with E-state index in [0.717, 1.165) is 24.8 Å². The number of halogens is 2. The zero-order valence-electron chi connectivity index (χ0n) is 16.6. The van der Waals surface area contributed by atoms with Gasteiger partial charge in [0.1, 0.15) is 5.75 Å². The maximum Gasteiger partial charge on any atom is 0.258 e. The molecule has 0 radical (unpaired) electrons. The molecule has 2 aromatic rings. The number of benzene rings is 2. The summed E-state index contributed by atoms with van der Waals surface area (Å²) < 4.78 is 32.5. The first-order chi connectivity index (χ1) is 14.3. The first kappa shape index (κ1) is 22.9. The quantitative estimate of drug-likeness (QED) is 0.649. The van der Waals surface area contributed by atoms with Crippen molar-refractivity contribution in [3.05, 3.63) is 58.1 Å². The highest BCUT2D eigenvalue weighted by molar-refractivity contribution is 7.89. The lowest BCUT2D eigenvalue weighted by Gasteiger charge is -2.26. The van der Waals surface area contributed by atoms with Crippen LogP contribution in [0.4, 0.5) is 0 Å².